The van der Waals surface area contributed by atoms with Gasteiger partial charge in [0.2, 0.25) is 5.88 Å². The molecule has 1 amide bonds. The molecule has 332 valence electrons. The van der Waals surface area contributed by atoms with Crippen molar-refractivity contribution in [3.05, 3.63) is 124 Å². The highest BCUT2D eigenvalue weighted by atomic mass is 35.5. The summed E-state index contributed by atoms with van der Waals surface area (Å²) in [5, 5.41) is 39.4. The highest BCUT2D eigenvalue weighted by Crippen LogP contribution is 2.39. The number of aryl methyl sites for hydroxylation is 2. The van der Waals surface area contributed by atoms with E-state index in [1.54, 1.807) is 36.4 Å². The van der Waals surface area contributed by atoms with Crippen molar-refractivity contribution < 1.29 is 42.0 Å². The third kappa shape index (κ3) is 9.53. The number of nitriles is 1. The van der Waals surface area contributed by atoms with Gasteiger partial charge in [0.15, 0.2) is 0 Å². The standard InChI is InChI=1S/C24H21ClFN5O3.C21H21F3N4O2/c1-33-22-5-4-20(29-30-22)24(32)16-11-17(19(26)12-18(16)25)23-15-3-2-14(10-21(15)27-13-28-23)31-6-8-34-9-7-31;1-12-5-4-6-14(9-12)27(3)20(30)18-17(29)7-8-28(18)19-15(11-25)16(21(22,23)24)10-13(2)26-19/h2-5,10-13,24,32H,6-9H2,1H3;4-6,9-10,17-18,29H,7-8H2,1-3H3/t24-;/m0./s1. The van der Waals surface area contributed by atoms with Gasteiger partial charge in [-0.05, 0) is 80.4 Å². The van der Waals surface area contributed by atoms with E-state index in [1.807, 2.05) is 31.2 Å². The number of ether oxygens (including phenoxy) is 2. The van der Waals surface area contributed by atoms with Crippen LogP contribution in [-0.4, -0.2) is 100 Å². The smallest absolute Gasteiger partial charge is 0.417 e. The van der Waals surface area contributed by atoms with Gasteiger partial charge in [0.25, 0.3) is 5.91 Å². The fraction of sp³-hybridized carbons (Fsp3) is 0.311. The molecule has 8 rings (SSSR count). The van der Waals surface area contributed by atoms with Gasteiger partial charge in [0.1, 0.15) is 41.7 Å². The number of aliphatic hydroxyl groups is 2. The van der Waals surface area contributed by atoms with Gasteiger partial charge in [-0.2, -0.15) is 18.4 Å². The van der Waals surface area contributed by atoms with Gasteiger partial charge in [-0.1, -0.05) is 23.7 Å². The number of morpholine rings is 1. The van der Waals surface area contributed by atoms with Gasteiger partial charge in [0, 0.05) is 71.4 Å². The Morgan fingerprint density at radius 3 is 2.47 bits per heavy atom. The molecule has 2 fully saturated rings. The van der Waals surface area contributed by atoms with E-state index in [0.29, 0.717) is 41.4 Å². The fourth-order valence-electron chi connectivity index (χ4n) is 7.65. The molecule has 0 aliphatic carbocycles. The van der Waals surface area contributed by atoms with Crippen LogP contribution < -0.4 is 19.4 Å². The third-order valence-corrected chi connectivity index (χ3v) is 11.3. The average Bonchev–Trinajstić information content (AvgIpc) is 3.68. The number of hydrogen-bond donors (Lipinski definition) is 2. The molecule has 3 aromatic heterocycles. The van der Waals surface area contributed by atoms with Crippen LogP contribution in [0.2, 0.25) is 5.02 Å². The van der Waals surface area contributed by atoms with Gasteiger partial charge in [-0.3, -0.25) is 4.79 Å². The second kappa shape index (κ2) is 19.1. The number of methoxy groups -OCH3 is 1. The van der Waals surface area contributed by atoms with E-state index in [2.05, 4.69) is 30.0 Å². The zero-order chi connectivity index (χ0) is 45.9. The summed E-state index contributed by atoms with van der Waals surface area (Å²) in [4.78, 5) is 31.0. The molecule has 14 nitrogen and oxygen atoms in total. The first-order valence-corrected chi connectivity index (χ1v) is 20.4. The van der Waals surface area contributed by atoms with Crippen molar-refractivity contribution in [2.24, 2.45) is 0 Å². The topological polar surface area (TPSA) is 174 Å². The van der Waals surface area contributed by atoms with E-state index < -0.39 is 47.3 Å². The van der Waals surface area contributed by atoms with Crippen molar-refractivity contribution in [3.63, 3.8) is 0 Å². The normalized spacial score (nSPS) is 16.8. The van der Waals surface area contributed by atoms with Crippen LogP contribution in [-0.2, 0) is 15.7 Å². The van der Waals surface area contributed by atoms with Crippen molar-refractivity contribution in [2.75, 3.05) is 61.7 Å². The van der Waals surface area contributed by atoms with Gasteiger partial charge >= 0.3 is 6.18 Å². The van der Waals surface area contributed by atoms with Crippen LogP contribution in [0.15, 0.2) is 79.1 Å². The van der Waals surface area contributed by atoms with Gasteiger partial charge in [-0.15, -0.1) is 10.2 Å². The average molecular weight is 900 g/mol. The summed E-state index contributed by atoms with van der Waals surface area (Å²) in [6.07, 6.45) is -5.50. The number of amides is 1. The SMILES string of the molecule is COc1ccc([C@@H](O)c2cc(-c3ncnc4cc(N5CCOCC5)ccc34)c(F)cc2Cl)nn1.Cc1cccc(N(C)C(=O)C2C(O)CCN2c2nc(C)cc(C(F)(F)F)c2C#N)c1. The van der Waals surface area contributed by atoms with E-state index in [1.165, 1.54) is 49.3 Å². The summed E-state index contributed by atoms with van der Waals surface area (Å²) in [6.45, 7) is 6.30. The minimum Gasteiger partial charge on any atom is -0.480 e. The molecule has 0 radical (unpaired) electrons. The number of alkyl halides is 3. The molecule has 2 aliphatic heterocycles. The van der Waals surface area contributed by atoms with Crippen LogP contribution in [0.5, 0.6) is 5.88 Å². The molecule has 2 unspecified atom stereocenters. The van der Waals surface area contributed by atoms with Crippen molar-refractivity contribution in [2.45, 2.75) is 44.7 Å². The summed E-state index contributed by atoms with van der Waals surface area (Å²) in [7, 11) is 3.01. The first kappa shape index (κ1) is 45.5. The second-order valence-corrected chi connectivity index (χ2v) is 15.5. The number of aromatic nitrogens is 5. The molecule has 0 spiro atoms. The van der Waals surface area contributed by atoms with Crippen LogP contribution in [0.25, 0.3) is 22.2 Å². The summed E-state index contributed by atoms with van der Waals surface area (Å²) in [6, 6.07) is 20.0. The second-order valence-electron chi connectivity index (χ2n) is 15.1. The predicted molar refractivity (Wildman–Crippen MR) is 231 cm³/mol. The molecule has 5 heterocycles. The minimum absolute atomic E-state index is 0.0657. The number of halogens is 5. The quantitative estimate of drug-likeness (QED) is 0.150. The summed E-state index contributed by atoms with van der Waals surface area (Å²) >= 11 is 6.30. The summed E-state index contributed by atoms with van der Waals surface area (Å²) in [5.74, 6) is -0.978. The van der Waals surface area contributed by atoms with Crippen LogP contribution >= 0.6 is 11.6 Å². The van der Waals surface area contributed by atoms with Crippen molar-refractivity contribution >= 4 is 45.6 Å². The molecule has 3 atom stereocenters. The number of carbonyl (C=O) groups excluding carboxylic acids is 1. The Morgan fingerprint density at radius 1 is 1.03 bits per heavy atom. The Kier molecular flexibility index (Phi) is 13.6. The van der Waals surface area contributed by atoms with E-state index in [0.717, 1.165) is 30.4 Å². The lowest BCUT2D eigenvalue weighted by atomic mass is 9.99. The van der Waals surface area contributed by atoms with E-state index >= 15 is 4.39 Å². The number of fused-ring (bicyclic) bond motifs is 1. The monoisotopic (exact) mass is 899 g/mol. The first-order chi connectivity index (χ1) is 30.6. The van der Waals surface area contributed by atoms with Crippen molar-refractivity contribution in [3.8, 4) is 23.2 Å². The first-order valence-electron chi connectivity index (χ1n) is 20.0. The zero-order valence-corrected chi connectivity index (χ0v) is 35.8. The Labute approximate surface area is 370 Å². The van der Waals surface area contributed by atoms with Crippen LogP contribution in [0.3, 0.4) is 0 Å². The van der Waals surface area contributed by atoms with E-state index in [9.17, 15) is 33.4 Å². The zero-order valence-electron chi connectivity index (χ0n) is 35.0. The summed E-state index contributed by atoms with van der Waals surface area (Å²) < 4.78 is 66.0. The minimum atomic E-state index is -4.75. The highest BCUT2D eigenvalue weighted by molar-refractivity contribution is 6.31. The Morgan fingerprint density at radius 2 is 1.80 bits per heavy atom. The Balaban J connectivity index is 0.000000193. The van der Waals surface area contributed by atoms with Crippen molar-refractivity contribution in [1.29, 1.82) is 5.26 Å². The van der Waals surface area contributed by atoms with E-state index in [-0.39, 0.29) is 46.3 Å². The molecule has 6 aromatic rings. The number of pyridine rings is 1. The number of nitrogens with zero attached hydrogens (tertiary/aromatic N) is 9. The number of likely N-dealkylation sites (N-methyl/N-ethyl adjacent to an activating group) is 1. The molecule has 2 aliphatic rings. The molecule has 64 heavy (non-hydrogen) atoms. The van der Waals surface area contributed by atoms with Crippen LogP contribution in [0.1, 0.15) is 46.2 Å². The number of carbonyl (C=O) groups is 1. The number of benzene rings is 3. The maximum atomic E-state index is 15.1. The van der Waals surface area contributed by atoms with Crippen LogP contribution in [0, 0.1) is 31.0 Å². The highest BCUT2D eigenvalue weighted by Gasteiger charge is 2.44. The number of aliphatic hydroxyl groups excluding tert-OH is 2. The van der Waals surface area contributed by atoms with Crippen LogP contribution in [0.4, 0.5) is 34.8 Å². The third-order valence-electron chi connectivity index (χ3n) is 10.9. The lowest BCUT2D eigenvalue weighted by Crippen LogP contribution is -2.49. The molecule has 0 bridgehead atoms. The lowest BCUT2D eigenvalue weighted by Gasteiger charge is -2.31. The maximum absolute atomic E-state index is 15.1. The largest absolute Gasteiger partial charge is 0.480 e. The Bertz CT molecular complexity index is 2720. The molecule has 2 N–H and O–H groups in total. The molecule has 3 aromatic carbocycles. The molecular weight excluding hydrogens is 858 g/mol. The van der Waals surface area contributed by atoms with E-state index in [4.69, 9.17) is 21.1 Å². The number of hydrogen-bond acceptors (Lipinski definition) is 13. The molecular formula is C45H42ClF4N9O5. The predicted octanol–water partition coefficient (Wildman–Crippen LogP) is 7.00. The molecule has 19 heteroatoms. The fourth-order valence-corrected chi connectivity index (χ4v) is 7.91. The molecule has 2 saturated heterocycles. The van der Waals surface area contributed by atoms with Gasteiger partial charge in [0.05, 0.1) is 48.9 Å². The lowest BCUT2D eigenvalue weighted by molar-refractivity contribution is -0.137. The number of rotatable bonds is 8. The molecule has 0 saturated carbocycles. The maximum Gasteiger partial charge on any atom is 0.417 e. The van der Waals surface area contributed by atoms with Crippen molar-refractivity contribution in [1.82, 2.24) is 25.1 Å². The van der Waals surface area contributed by atoms with Gasteiger partial charge < -0.3 is 34.4 Å². The van der Waals surface area contributed by atoms with Gasteiger partial charge in [-0.25, -0.2) is 19.3 Å². The number of anilines is 3. The Hall–Kier alpha value is -6.52. The summed E-state index contributed by atoms with van der Waals surface area (Å²) in [5.41, 5.74) is 2.68.